The Balaban J connectivity index is 2.10. The van der Waals surface area contributed by atoms with Gasteiger partial charge in [0.1, 0.15) is 11.6 Å². The van der Waals surface area contributed by atoms with Gasteiger partial charge in [-0.3, -0.25) is 4.68 Å². The molecule has 0 saturated heterocycles. The van der Waals surface area contributed by atoms with Crippen molar-refractivity contribution in [3.05, 3.63) is 51.8 Å². The lowest BCUT2D eigenvalue weighted by molar-refractivity contribution is 0.199. The molecule has 0 unspecified atom stereocenters. The molecule has 0 radical (unpaired) electrons. The van der Waals surface area contributed by atoms with Crippen molar-refractivity contribution in [3.8, 4) is 0 Å². The van der Waals surface area contributed by atoms with Crippen LogP contribution in [0.25, 0.3) is 0 Å². The average molecular weight is 360 g/mol. The zero-order chi connectivity index (χ0) is 15.2. The molecule has 1 aromatic carbocycles. The molecule has 0 saturated carbocycles. The zero-order valence-electron chi connectivity index (χ0n) is 11.6. The lowest BCUT2D eigenvalue weighted by Gasteiger charge is -2.11. The van der Waals surface area contributed by atoms with Gasteiger partial charge in [0.25, 0.3) is 0 Å². The molecule has 0 amide bonds. The Morgan fingerprint density at radius 1 is 1.33 bits per heavy atom. The standard InChI is InChI=1S/C14H16BrF2N3O/c1-21-7-6-18-8-10-4-5-19-20(10)9-11-13(16)3-2-12(15)14(11)17/h2-5,18H,6-9H2,1H3. The molecule has 2 rings (SSSR count). The van der Waals surface area contributed by atoms with E-state index in [0.717, 1.165) is 5.69 Å². The maximum absolute atomic E-state index is 14.0. The summed E-state index contributed by atoms with van der Waals surface area (Å²) in [5, 5.41) is 7.29. The lowest BCUT2D eigenvalue weighted by Crippen LogP contribution is -2.21. The van der Waals surface area contributed by atoms with Gasteiger partial charge in [0, 0.05) is 32.0 Å². The van der Waals surface area contributed by atoms with Crippen molar-refractivity contribution in [1.82, 2.24) is 15.1 Å². The highest BCUT2D eigenvalue weighted by atomic mass is 79.9. The highest BCUT2D eigenvalue weighted by molar-refractivity contribution is 9.10. The number of rotatable bonds is 7. The van der Waals surface area contributed by atoms with Crippen molar-refractivity contribution in [2.45, 2.75) is 13.1 Å². The van der Waals surface area contributed by atoms with Crippen molar-refractivity contribution >= 4 is 15.9 Å². The van der Waals surface area contributed by atoms with Crippen LogP contribution in [0, 0.1) is 11.6 Å². The molecule has 2 aromatic rings. The molecule has 1 heterocycles. The van der Waals surface area contributed by atoms with E-state index in [2.05, 4.69) is 26.3 Å². The summed E-state index contributed by atoms with van der Waals surface area (Å²) in [5.74, 6) is -1.17. The highest BCUT2D eigenvalue weighted by Crippen LogP contribution is 2.22. The molecule has 0 fully saturated rings. The number of methoxy groups -OCH3 is 1. The van der Waals surface area contributed by atoms with E-state index in [1.165, 1.54) is 12.1 Å². The van der Waals surface area contributed by atoms with E-state index < -0.39 is 11.6 Å². The van der Waals surface area contributed by atoms with E-state index in [9.17, 15) is 8.78 Å². The molecule has 1 N–H and O–H groups in total. The minimum absolute atomic E-state index is 0.00813. The SMILES string of the molecule is COCCNCc1ccnn1Cc1c(F)ccc(Br)c1F. The number of aromatic nitrogens is 2. The maximum Gasteiger partial charge on any atom is 0.145 e. The zero-order valence-corrected chi connectivity index (χ0v) is 13.2. The van der Waals surface area contributed by atoms with Crippen LogP contribution in [0.15, 0.2) is 28.9 Å². The molecule has 114 valence electrons. The largest absolute Gasteiger partial charge is 0.383 e. The first-order chi connectivity index (χ1) is 10.1. The number of hydrogen-bond donors (Lipinski definition) is 1. The number of benzene rings is 1. The van der Waals surface area contributed by atoms with Crippen LogP contribution in [0.1, 0.15) is 11.3 Å². The van der Waals surface area contributed by atoms with Crippen LogP contribution in [-0.4, -0.2) is 30.0 Å². The summed E-state index contributed by atoms with van der Waals surface area (Å²) in [6, 6.07) is 4.40. The summed E-state index contributed by atoms with van der Waals surface area (Å²) in [4.78, 5) is 0. The summed E-state index contributed by atoms with van der Waals surface area (Å²) in [6.07, 6.45) is 1.61. The third-order valence-electron chi connectivity index (χ3n) is 3.04. The fourth-order valence-corrected chi connectivity index (χ4v) is 2.28. The second kappa shape index (κ2) is 7.63. The molecule has 4 nitrogen and oxygen atoms in total. The Hall–Kier alpha value is -1.31. The topological polar surface area (TPSA) is 39.1 Å². The molecule has 0 spiro atoms. The fraction of sp³-hybridized carbons (Fsp3) is 0.357. The van der Waals surface area contributed by atoms with E-state index in [1.807, 2.05) is 6.07 Å². The van der Waals surface area contributed by atoms with Gasteiger partial charge in [0.05, 0.1) is 23.3 Å². The van der Waals surface area contributed by atoms with E-state index in [0.29, 0.717) is 19.7 Å². The van der Waals surface area contributed by atoms with Gasteiger partial charge in [0.15, 0.2) is 0 Å². The Morgan fingerprint density at radius 3 is 2.90 bits per heavy atom. The van der Waals surface area contributed by atoms with Crippen molar-refractivity contribution < 1.29 is 13.5 Å². The monoisotopic (exact) mass is 359 g/mol. The van der Waals surface area contributed by atoms with Gasteiger partial charge in [-0.1, -0.05) is 0 Å². The Labute approximate surface area is 130 Å². The van der Waals surface area contributed by atoms with Crippen LogP contribution in [0.5, 0.6) is 0 Å². The summed E-state index contributed by atoms with van der Waals surface area (Å²) in [7, 11) is 1.63. The van der Waals surface area contributed by atoms with Crippen LogP contribution in [0.3, 0.4) is 0 Å². The molecule has 0 atom stereocenters. The first kappa shape index (κ1) is 16.1. The van der Waals surface area contributed by atoms with Gasteiger partial charge >= 0.3 is 0 Å². The number of hydrogen-bond acceptors (Lipinski definition) is 3. The van der Waals surface area contributed by atoms with Crippen molar-refractivity contribution in [1.29, 1.82) is 0 Å². The molecule has 0 bridgehead atoms. The van der Waals surface area contributed by atoms with Crippen molar-refractivity contribution in [2.24, 2.45) is 0 Å². The first-order valence-corrected chi connectivity index (χ1v) is 7.25. The Bertz CT molecular complexity index is 604. The molecule has 1 aromatic heterocycles. The second-order valence-corrected chi connectivity index (χ2v) is 5.33. The first-order valence-electron chi connectivity index (χ1n) is 6.46. The smallest absolute Gasteiger partial charge is 0.145 e. The molecular formula is C14H16BrF2N3O. The number of ether oxygens (including phenoxy) is 1. The van der Waals surface area contributed by atoms with Gasteiger partial charge < -0.3 is 10.1 Å². The maximum atomic E-state index is 14.0. The van der Waals surface area contributed by atoms with Gasteiger partial charge in [0.2, 0.25) is 0 Å². The van der Waals surface area contributed by atoms with Crippen molar-refractivity contribution in [3.63, 3.8) is 0 Å². The summed E-state index contributed by atoms with van der Waals surface area (Å²) < 4.78 is 34.5. The normalized spacial score (nSPS) is 11.0. The van der Waals surface area contributed by atoms with E-state index in [-0.39, 0.29) is 16.6 Å². The quantitative estimate of drug-likeness (QED) is 0.610. The third-order valence-corrected chi connectivity index (χ3v) is 3.65. The Kier molecular flexibility index (Phi) is 5.84. The van der Waals surface area contributed by atoms with Crippen molar-refractivity contribution in [2.75, 3.05) is 20.3 Å². The Morgan fingerprint density at radius 2 is 2.14 bits per heavy atom. The van der Waals surface area contributed by atoms with E-state index >= 15 is 0 Å². The highest BCUT2D eigenvalue weighted by Gasteiger charge is 2.14. The fourth-order valence-electron chi connectivity index (χ4n) is 1.91. The number of halogens is 3. The van der Waals surface area contributed by atoms with Crippen LogP contribution in [0.2, 0.25) is 0 Å². The van der Waals surface area contributed by atoms with Gasteiger partial charge in [-0.2, -0.15) is 5.10 Å². The minimum atomic E-state index is -0.594. The second-order valence-electron chi connectivity index (χ2n) is 4.47. The predicted octanol–water partition coefficient (Wildman–Crippen LogP) is 2.71. The van der Waals surface area contributed by atoms with Crippen LogP contribution >= 0.6 is 15.9 Å². The third kappa shape index (κ3) is 4.09. The van der Waals surface area contributed by atoms with Gasteiger partial charge in [-0.15, -0.1) is 0 Å². The molecule has 0 aliphatic carbocycles. The molecule has 0 aliphatic heterocycles. The molecular weight excluding hydrogens is 344 g/mol. The van der Waals surface area contributed by atoms with Crippen LogP contribution in [-0.2, 0) is 17.8 Å². The lowest BCUT2D eigenvalue weighted by atomic mass is 10.2. The summed E-state index contributed by atoms with van der Waals surface area (Å²) in [6.45, 7) is 1.90. The number of nitrogens with zero attached hydrogens (tertiary/aromatic N) is 2. The summed E-state index contributed by atoms with van der Waals surface area (Å²) >= 11 is 3.06. The van der Waals surface area contributed by atoms with E-state index in [1.54, 1.807) is 18.0 Å². The van der Waals surface area contributed by atoms with Gasteiger partial charge in [-0.25, -0.2) is 8.78 Å². The minimum Gasteiger partial charge on any atom is -0.383 e. The average Bonchev–Trinajstić information content (AvgIpc) is 2.91. The molecule has 7 heteroatoms. The van der Waals surface area contributed by atoms with Crippen LogP contribution < -0.4 is 5.32 Å². The van der Waals surface area contributed by atoms with Gasteiger partial charge in [-0.05, 0) is 34.1 Å². The van der Waals surface area contributed by atoms with E-state index in [4.69, 9.17) is 4.74 Å². The predicted molar refractivity (Wildman–Crippen MR) is 79.0 cm³/mol. The number of nitrogens with one attached hydrogen (secondary N) is 1. The van der Waals surface area contributed by atoms with Crippen LogP contribution in [0.4, 0.5) is 8.78 Å². The molecule has 21 heavy (non-hydrogen) atoms. The molecule has 0 aliphatic rings. The summed E-state index contributed by atoms with van der Waals surface area (Å²) in [5.41, 5.74) is 0.844.